The summed E-state index contributed by atoms with van der Waals surface area (Å²) in [4.78, 5) is 2.12. The molecular formula is C20H23FN4O2S. The Hall–Kier alpha value is -2.45. The fourth-order valence-corrected chi connectivity index (χ4v) is 4.75. The molecule has 0 radical (unpaired) electrons. The second kappa shape index (κ2) is 7.52. The molecule has 8 heteroatoms. The SMILES string of the molecule is COc1cc(C)c(N2N=C3CSCC(c4ccc(F)cc4)N3C2N)cc1OC. The minimum absolute atomic E-state index is 0.0403. The normalized spacial score (nSPS) is 21.4. The number of methoxy groups -OCH3 is 2. The second-order valence-electron chi connectivity index (χ2n) is 6.76. The number of nitrogens with two attached hydrogens (primary N) is 1. The summed E-state index contributed by atoms with van der Waals surface area (Å²) >= 11 is 1.80. The van der Waals surface area contributed by atoms with Crippen molar-refractivity contribution in [1.29, 1.82) is 0 Å². The van der Waals surface area contributed by atoms with E-state index in [4.69, 9.17) is 20.3 Å². The molecule has 2 aliphatic heterocycles. The van der Waals surface area contributed by atoms with E-state index in [0.717, 1.165) is 34.2 Å². The molecule has 6 nitrogen and oxygen atoms in total. The van der Waals surface area contributed by atoms with Crippen molar-refractivity contribution in [3.05, 3.63) is 53.3 Å². The summed E-state index contributed by atoms with van der Waals surface area (Å²) in [5.41, 5.74) is 9.53. The number of hydrazone groups is 1. The van der Waals surface area contributed by atoms with Crippen molar-refractivity contribution in [1.82, 2.24) is 4.90 Å². The molecule has 2 unspecified atom stereocenters. The number of anilines is 1. The first-order valence-corrected chi connectivity index (χ1v) is 10.2. The van der Waals surface area contributed by atoms with Gasteiger partial charge in [0.1, 0.15) is 11.7 Å². The summed E-state index contributed by atoms with van der Waals surface area (Å²) in [6.07, 6.45) is -0.456. The summed E-state index contributed by atoms with van der Waals surface area (Å²) in [6.45, 7) is 1.99. The maximum Gasteiger partial charge on any atom is 0.177 e. The predicted octanol–water partition coefficient (Wildman–Crippen LogP) is 3.32. The van der Waals surface area contributed by atoms with Crippen molar-refractivity contribution in [3.8, 4) is 11.5 Å². The maximum absolute atomic E-state index is 13.4. The molecule has 2 heterocycles. The molecule has 2 aliphatic rings. The largest absolute Gasteiger partial charge is 0.493 e. The van der Waals surface area contributed by atoms with E-state index < -0.39 is 6.29 Å². The monoisotopic (exact) mass is 402 g/mol. The van der Waals surface area contributed by atoms with Crippen molar-refractivity contribution in [2.24, 2.45) is 10.8 Å². The molecule has 4 rings (SSSR count). The third-order valence-electron chi connectivity index (χ3n) is 5.10. The van der Waals surface area contributed by atoms with Gasteiger partial charge in [0.2, 0.25) is 0 Å². The molecule has 0 amide bonds. The number of rotatable bonds is 4. The van der Waals surface area contributed by atoms with E-state index in [1.807, 2.05) is 36.2 Å². The summed E-state index contributed by atoms with van der Waals surface area (Å²) in [7, 11) is 3.22. The zero-order valence-electron chi connectivity index (χ0n) is 16.1. The summed E-state index contributed by atoms with van der Waals surface area (Å²) in [5, 5.41) is 6.63. The van der Waals surface area contributed by atoms with Gasteiger partial charge in [-0.05, 0) is 36.2 Å². The number of amidine groups is 1. The van der Waals surface area contributed by atoms with E-state index in [0.29, 0.717) is 11.5 Å². The van der Waals surface area contributed by atoms with E-state index in [1.165, 1.54) is 12.1 Å². The highest BCUT2D eigenvalue weighted by atomic mass is 32.2. The molecule has 0 spiro atoms. The third kappa shape index (κ3) is 3.16. The van der Waals surface area contributed by atoms with Crippen LogP contribution in [0.4, 0.5) is 10.1 Å². The summed E-state index contributed by atoms with van der Waals surface area (Å²) in [5.74, 6) is 3.64. The van der Waals surface area contributed by atoms with Gasteiger partial charge in [-0.1, -0.05) is 12.1 Å². The van der Waals surface area contributed by atoms with Gasteiger partial charge < -0.3 is 14.4 Å². The van der Waals surface area contributed by atoms with Crippen LogP contribution in [0.25, 0.3) is 0 Å². The lowest BCUT2D eigenvalue weighted by molar-refractivity contribution is 0.271. The van der Waals surface area contributed by atoms with Crippen LogP contribution in [0.2, 0.25) is 0 Å². The first-order chi connectivity index (χ1) is 13.5. The summed E-state index contributed by atoms with van der Waals surface area (Å²) in [6, 6.07) is 10.5. The van der Waals surface area contributed by atoms with E-state index in [-0.39, 0.29) is 11.9 Å². The smallest absolute Gasteiger partial charge is 0.177 e. The lowest BCUT2D eigenvalue weighted by atomic mass is 10.1. The minimum Gasteiger partial charge on any atom is -0.493 e. The van der Waals surface area contributed by atoms with Crippen molar-refractivity contribution >= 4 is 23.3 Å². The first-order valence-electron chi connectivity index (χ1n) is 9.00. The van der Waals surface area contributed by atoms with Crippen LogP contribution in [0.1, 0.15) is 17.2 Å². The van der Waals surface area contributed by atoms with Gasteiger partial charge in [0.15, 0.2) is 17.8 Å². The van der Waals surface area contributed by atoms with Crippen molar-refractivity contribution in [2.75, 3.05) is 30.7 Å². The molecule has 0 saturated carbocycles. The molecule has 2 N–H and O–H groups in total. The number of nitrogens with zero attached hydrogens (tertiary/aromatic N) is 3. The quantitative estimate of drug-likeness (QED) is 0.847. The molecule has 148 valence electrons. The number of benzene rings is 2. The Morgan fingerprint density at radius 2 is 1.82 bits per heavy atom. The van der Waals surface area contributed by atoms with Crippen LogP contribution in [0.3, 0.4) is 0 Å². The van der Waals surface area contributed by atoms with Crippen molar-refractivity contribution in [3.63, 3.8) is 0 Å². The lowest BCUT2D eigenvalue weighted by Crippen LogP contribution is -2.52. The molecule has 2 aromatic rings. The van der Waals surface area contributed by atoms with Crippen molar-refractivity contribution < 1.29 is 13.9 Å². The highest BCUT2D eigenvalue weighted by Crippen LogP contribution is 2.40. The topological polar surface area (TPSA) is 63.3 Å². The minimum atomic E-state index is -0.456. The Balaban J connectivity index is 1.69. The van der Waals surface area contributed by atoms with E-state index in [2.05, 4.69) is 4.90 Å². The van der Waals surface area contributed by atoms with Crippen LogP contribution >= 0.6 is 11.8 Å². The van der Waals surface area contributed by atoms with Gasteiger partial charge in [0.25, 0.3) is 0 Å². The number of ether oxygens (including phenoxy) is 2. The van der Waals surface area contributed by atoms with Gasteiger partial charge in [-0.3, -0.25) is 5.73 Å². The number of hydrogen-bond acceptors (Lipinski definition) is 7. The Labute approximate surface area is 168 Å². The van der Waals surface area contributed by atoms with Gasteiger partial charge in [-0.2, -0.15) is 16.9 Å². The predicted molar refractivity (Wildman–Crippen MR) is 110 cm³/mol. The molecule has 2 atom stereocenters. The second-order valence-corrected chi connectivity index (χ2v) is 7.79. The highest BCUT2D eigenvalue weighted by Gasteiger charge is 2.40. The molecule has 0 aromatic heterocycles. The molecule has 2 aromatic carbocycles. The third-order valence-corrected chi connectivity index (χ3v) is 6.12. The molecule has 1 saturated heterocycles. The highest BCUT2D eigenvalue weighted by molar-refractivity contribution is 8.00. The Morgan fingerprint density at radius 3 is 2.50 bits per heavy atom. The fourth-order valence-electron chi connectivity index (χ4n) is 3.67. The average Bonchev–Trinajstić information content (AvgIpc) is 3.05. The number of halogens is 1. The van der Waals surface area contributed by atoms with Crippen LogP contribution in [0.15, 0.2) is 41.5 Å². The fraction of sp³-hybridized carbons (Fsp3) is 0.350. The van der Waals surface area contributed by atoms with E-state index in [1.54, 1.807) is 26.0 Å². The van der Waals surface area contributed by atoms with Gasteiger partial charge in [0.05, 0.1) is 31.7 Å². The summed E-state index contributed by atoms with van der Waals surface area (Å²) < 4.78 is 24.2. The van der Waals surface area contributed by atoms with Crippen LogP contribution in [-0.2, 0) is 0 Å². The zero-order chi connectivity index (χ0) is 19.8. The first kappa shape index (κ1) is 18.9. The molecule has 28 heavy (non-hydrogen) atoms. The van der Waals surface area contributed by atoms with Crippen LogP contribution in [0, 0.1) is 12.7 Å². The number of hydrogen-bond donors (Lipinski definition) is 1. The van der Waals surface area contributed by atoms with Crippen molar-refractivity contribution in [2.45, 2.75) is 19.3 Å². The Morgan fingerprint density at radius 1 is 1.14 bits per heavy atom. The van der Waals surface area contributed by atoms with Gasteiger partial charge in [-0.15, -0.1) is 0 Å². The van der Waals surface area contributed by atoms with Gasteiger partial charge in [0, 0.05) is 11.8 Å². The van der Waals surface area contributed by atoms with E-state index in [9.17, 15) is 4.39 Å². The van der Waals surface area contributed by atoms with Gasteiger partial charge in [-0.25, -0.2) is 9.40 Å². The number of thioether (sulfide) groups is 1. The Kier molecular flexibility index (Phi) is 5.07. The van der Waals surface area contributed by atoms with Crippen LogP contribution in [-0.4, -0.2) is 42.8 Å². The molecule has 0 aliphatic carbocycles. The molecule has 0 bridgehead atoms. The Bertz CT molecular complexity index is 906. The van der Waals surface area contributed by atoms with Crippen LogP contribution < -0.4 is 20.2 Å². The standard InChI is InChI=1S/C20H23FN4O2S/c1-12-8-17(26-2)18(27-3)9-15(12)25-20(22)24-16(10-28-11-19(24)23-25)13-4-6-14(21)7-5-13/h4-9,16,20H,10-11,22H2,1-3H3. The van der Waals surface area contributed by atoms with E-state index >= 15 is 0 Å². The lowest BCUT2D eigenvalue weighted by Gasteiger charge is -2.38. The molecule has 1 fully saturated rings. The number of aryl methyl sites for hydroxylation is 1. The van der Waals surface area contributed by atoms with Gasteiger partial charge >= 0.3 is 0 Å². The van der Waals surface area contributed by atoms with Crippen LogP contribution in [0.5, 0.6) is 11.5 Å². The zero-order valence-corrected chi connectivity index (χ0v) is 16.9. The maximum atomic E-state index is 13.4. The number of fused-ring (bicyclic) bond motifs is 1. The molecular weight excluding hydrogens is 379 g/mol. The average molecular weight is 402 g/mol.